The summed E-state index contributed by atoms with van der Waals surface area (Å²) in [4.78, 5) is 0.795. The number of alkyl halides is 3. The largest absolute Gasteiger partial charge is 0.431 e. The Labute approximate surface area is 145 Å². The first-order chi connectivity index (χ1) is 11.1. The van der Waals surface area contributed by atoms with Gasteiger partial charge in [0.25, 0.3) is 0 Å². The van der Waals surface area contributed by atoms with Gasteiger partial charge in [0, 0.05) is 11.2 Å². The quantitative estimate of drug-likeness (QED) is 0.768. The van der Waals surface area contributed by atoms with Gasteiger partial charge < -0.3 is 4.98 Å². The second-order valence-corrected chi connectivity index (χ2v) is 7.27. The Balaban J connectivity index is 2.53. The highest BCUT2D eigenvalue weighted by molar-refractivity contribution is 7.95. The van der Waals surface area contributed by atoms with Gasteiger partial charge in [-0.3, -0.25) is 0 Å². The Morgan fingerprint density at radius 1 is 1.25 bits per heavy atom. The molecule has 1 heterocycles. The van der Waals surface area contributed by atoms with E-state index >= 15 is 0 Å². The Morgan fingerprint density at radius 2 is 1.92 bits per heavy atom. The molecule has 0 aliphatic heterocycles. The minimum absolute atomic E-state index is 0.0799. The number of halogens is 5. The molecule has 1 aromatic carbocycles. The lowest BCUT2D eigenvalue weighted by atomic mass is 10.3. The van der Waals surface area contributed by atoms with Crippen molar-refractivity contribution in [2.24, 2.45) is 0 Å². The first-order valence-corrected chi connectivity index (χ1v) is 8.37. The smallest absolute Gasteiger partial charge is 0.357 e. The summed E-state index contributed by atoms with van der Waals surface area (Å²) in [5.41, 5.74) is -1.19. The summed E-state index contributed by atoms with van der Waals surface area (Å²) >= 11 is 11.5. The maximum absolute atomic E-state index is 12.5. The van der Waals surface area contributed by atoms with Crippen LogP contribution in [-0.4, -0.2) is 13.4 Å². The number of aromatic amines is 1. The van der Waals surface area contributed by atoms with Crippen LogP contribution >= 0.6 is 23.2 Å². The number of nitrogens with zero attached hydrogens (tertiary/aromatic N) is 1. The number of hydrogen-bond donors (Lipinski definition) is 1. The van der Waals surface area contributed by atoms with Gasteiger partial charge in [0.15, 0.2) is 0 Å². The van der Waals surface area contributed by atoms with Gasteiger partial charge in [-0.2, -0.15) is 18.4 Å². The summed E-state index contributed by atoms with van der Waals surface area (Å²) in [6.45, 7) is 0. The maximum Gasteiger partial charge on any atom is 0.431 e. The zero-order valence-electron chi connectivity index (χ0n) is 11.5. The second kappa shape index (κ2) is 6.51. The monoisotopic (exact) mass is 394 g/mol. The zero-order valence-corrected chi connectivity index (χ0v) is 13.9. The summed E-state index contributed by atoms with van der Waals surface area (Å²) in [6.07, 6.45) is -2.86. The van der Waals surface area contributed by atoms with E-state index in [9.17, 15) is 21.6 Å². The van der Waals surface area contributed by atoms with Gasteiger partial charge in [0.1, 0.15) is 16.7 Å². The van der Waals surface area contributed by atoms with Crippen LogP contribution in [0.5, 0.6) is 0 Å². The van der Waals surface area contributed by atoms with Crippen molar-refractivity contribution < 1.29 is 21.6 Å². The van der Waals surface area contributed by atoms with Crippen molar-refractivity contribution in [3.63, 3.8) is 0 Å². The minimum atomic E-state index is -4.62. The van der Waals surface area contributed by atoms with Crippen molar-refractivity contribution in [3.8, 4) is 6.07 Å². The van der Waals surface area contributed by atoms with Crippen LogP contribution in [0.2, 0.25) is 10.0 Å². The molecule has 0 aliphatic rings. The highest BCUT2D eigenvalue weighted by Crippen LogP contribution is 2.32. The molecule has 4 nitrogen and oxygen atoms in total. The lowest BCUT2D eigenvalue weighted by molar-refractivity contribution is -0.140. The number of aromatic nitrogens is 1. The topological polar surface area (TPSA) is 73.7 Å². The van der Waals surface area contributed by atoms with Crippen molar-refractivity contribution in [2.75, 3.05) is 0 Å². The van der Waals surface area contributed by atoms with Crippen molar-refractivity contribution in [1.82, 2.24) is 4.98 Å². The number of benzene rings is 1. The second-order valence-electron chi connectivity index (χ2n) is 4.54. The van der Waals surface area contributed by atoms with E-state index in [2.05, 4.69) is 0 Å². The lowest BCUT2D eigenvalue weighted by Gasteiger charge is -2.05. The highest BCUT2D eigenvalue weighted by atomic mass is 35.5. The molecule has 0 radical (unpaired) electrons. The number of rotatable bonds is 3. The minimum Gasteiger partial charge on any atom is -0.357 e. The van der Waals surface area contributed by atoms with Crippen LogP contribution in [0.15, 0.2) is 40.3 Å². The van der Waals surface area contributed by atoms with Gasteiger partial charge >= 0.3 is 6.18 Å². The van der Waals surface area contributed by atoms with E-state index in [0.717, 1.165) is 18.3 Å². The molecule has 2 rings (SSSR count). The molecule has 0 amide bonds. The summed E-state index contributed by atoms with van der Waals surface area (Å²) in [6, 6.07) is 5.81. The third kappa shape index (κ3) is 3.75. The average Bonchev–Trinajstić information content (AvgIpc) is 2.95. The van der Waals surface area contributed by atoms with E-state index < -0.39 is 31.5 Å². The van der Waals surface area contributed by atoms with E-state index in [4.69, 9.17) is 28.5 Å². The molecule has 0 saturated heterocycles. The number of sulfone groups is 1. The molecule has 1 N–H and O–H groups in total. The predicted octanol–water partition coefficient (Wildman–Crippen LogP) is 4.68. The standard InChI is InChI=1S/C14H7Cl2F3N2O2S/c15-9-1-2-11(16)12(5-9)24(22,23)10(6-20)3-8-4-13(21-7-8)14(17,18)19/h1-5,7,21H/b10-3+. The van der Waals surface area contributed by atoms with Crippen LogP contribution in [0.1, 0.15) is 11.3 Å². The van der Waals surface area contributed by atoms with Crippen LogP contribution in [0.25, 0.3) is 6.08 Å². The summed E-state index contributed by atoms with van der Waals surface area (Å²) in [7, 11) is -4.34. The number of H-pyrrole nitrogens is 1. The molecule has 0 unspecified atom stereocenters. The lowest BCUT2D eigenvalue weighted by Crippen LogP contribution is -2.05. The van der Waals surface area contributed by atoms with Crippen molar-refractivity contribution in [3.05, 3.63) is 56.7 Å². The molecule has 0 aliphatic carbocycles. The molecule has 2 aromatic rings. The fourth-order valence-electron chi connectivity index (χ4n) is 1.78. The summed E-state index contributed by atoms with van der Waals surface area (Å²) in [5, 5.41) is 9.02. The van der Waals surface area contributed by atoms with Gasteiger partial charge in [-0.25, -0.2) is 8.42 Å². The van der Waals surface area contributed by atoms with E-state index in [1.807, 2.05) is 4.98 Å². The predicted molar refractivity (Wildman–Crippen MR) is 83.0 cm³/mol. The maximum atomic E-state index is 12.5. The summed E-state index contributed by atoms with van der Waals surface area (Å²) in [5.74, 6) is 0. The van der Waals surface area contributed by atoms with Gasteiger partial charge in [0.2, 0.25) is 9.84 Å². The van der Waals surface area contributed by atoms with E-state index in [-0.39, 0.29) is 15.6 Å². The molecule has 1 aromatic heterocycles. The normalized spacial score (nSPS) is 12.9. The van der Waals surface area contributed by atoms with E-state index in [0.29, 0.717) is 6.07 Å². The summed E-state index contributed by atoms with van der Waals surface area (Å²) < 4.78 is 62.6. The third-order valence-electron chi connectivity index (χ3n) is 2.89. The van der Waals surface area contributed by atoms with Crippen LogP contribution in [0.4, 0.5) is 13.2 Å². The fourth-order valence-corrected chi connectivity index (χ4v) is 3.70. The number of nitriles is 1. The van der Waals surface area contributed by atoms with Crippen molar-refractivity contribution in [1.29, 1.82) is 5.26 Å². The average molecular weight is 395 g/mol. The molecule has 126 valence electrons. The molecular formula is C14H7Cl2F3N2O2S. The number of nitrogens with one attached hydrogen (secondary N) is 1. The van der Waals surface area contributed by atoms with Crippen LogP contribution in [0.3, 0.4) is 0 Å². The van der Waals surface area contributed by atoms with Gasteiger partial charge in [-0.1, -0.05) is 23.2 Å². The van der Waals surface area contributed by atoms with Crippen molar-refractivity contribution in [2.45, 2.75) is 11.1 Å². The fraction of sp³-hybridized carbons (Fsp3) is 0.0714. The van der Waals surface area contributed by atoms with Crippen LogP contribution in [0, 0.1) is 11.3 Å². The van der Waals surface area contributed by atoms with E-state index in [1.165, 1.54) is 18.2 Å². The molecule has 0 bridgehead atoms. The van der Waals surface area contributed by atoms with Crippen LogP contribution < -0.4 is 0 Å². The van der Waals surface area contributed by atoms with E-state index in [1.54, 1.807) is 0 Å². The molecule has 0 saturated carbocycles. The molecule has 0 spiro atoms. The van der Waals surface area contributed by atoms with Crippen molar-refractivity contribution >= 4 is 39.1 Å². The van der Waals surface area contributed by atoms with Gasteiger partial charge in [-0.15, -0.1) is 0 Å². The highest BCUT2D eigenvalue weighted by Gasteiger charge is 2.32. The SMILES string of the molecule is N#C/C(=C\c1c[nH]c(C(F)(F)F)c1)S(=O)(=O)c1cc(Cl)ccc1Cl. The van der Waals surface area contributed by atoms with Crippen LogP contribution in [-0.2, 0) is 16.0 Å². The Kier molecular flexibility index (Phi) is 4.99. The van der Waals surface area contributed by atoms with Gasteiger partial charge in [0.05, 0.1) is 9.92 Å². The van der Waals surface area contributed by atoms with Gasteiger partial charge in [-0.05, 0) is 35.9 Å². The Hall–Kier alpha value is -1.95. The first kappa shape index (κ1) is 18.4. The third-order valence-corrected chi connectivity index (χ3v) is 5.27. The molecular weight excluding hydrogens is 388 g/mol. The molecule has 0 fully saturated rings. The molecule has 0 atom stereocenters. The Bertz CT molecular complexity index is 957. The zero-order chi connectivity index (χ0) is 18.1. The number of allylic oxidation sites excluding steroid dienone is 1. The molecule has 24 heavy (non-hydrogen) atoms. The first-order valence-electron chi connectivity index (χ1n) is 6.13. The molecule has 10 heteroatoms. The Morgan fingerprint density at radius 3 is 2.46 bits per heavy atom. The number of hydrogen-bond acceptors (Lipinski definition) is 3.